The van der Waals surface area contributed by atoms with E-state index >= 15 is 0 Å². The molecule has 0 spiro atoms. The smallest absolute Gasteiger partial charge is 0.122 e. The van der Waals surface area contributed by atoms with Gasteiger partial charge in [-0.3, -0.25) is 0 Å². The lowest BCUT2D eigenvalue weighted by atomic mass is 10.0. The Labute approximate surface area is 110 Å². The van der Waals surface area contributed by atoms with E-state index in [1.165, 1.54) is 5.56 Å². The zero-order valence-electron chi connectivity index (χ0n) is 11.1. The van der Waals surface area contributed by atoms with Crippen molar-refractivity contribution in [3.05, 3.63) is 29.8 Å². The fourth-order valence-electron chi connectivity index (χ4n) is 1.69. The van der Waals surface area contributed by atoms with Crippen LogP contribution in [0.2, 0.25) is 0 Å². The van der Waals surface area contributed by atoms with Gasteiger partial charge in [0.2, 0.25) is 0 Å². The summed E-state index contributed by atoms with van der Waals surface area (Å²) in [5.74, 6) is 1.54. The highest BCUT2D eigenvalue weighted by Crippen LogP contribution is 2.23. The molecule has 0 amide bonds. The number of alkyl halides is 1. The quantitative estimate of drug-likeness (QED) is 0.643. The maximum absolute atomic E-state index is 6.28. The number of hydrogen-bond donors (Lipinski definition) is 0. The molecule has 1 aromatic rings. The molecule has 0 saturated heterocycles. The van der Waals surface area contributed by atoms with Crippen LogP contribution < -0.4 is 4.74 Å². The van der Waals surface area contributed by atoms with Crippen LogP contribution in [0.5, 0.6) is 5.75 Å². The average molecular weight is 255 g/mol. The topological polar surface area (TPSA) is 9.23 Å². The third-order valence-corrected chi connectivity index (χ3v) is 3.57. The van der Waals surface area contributed by atoms with E-state index in [9.17, 15) is 0 Å². The van der Waals surface area contributed by atoms with E-state index in [1.54, 1.807) is 0 Å². The third kappa shape index (κ3) is 4.99. The van der Waals surface area contributed by atoms with Gasteiger partial charge in [0.1, 0.15) is 5.75 Å². The number of para-hydroxylation sites is 1. The fourth-order valence-corrected chi connectivity index (χ4v) is 1.80. The summed E-state index contributed by atoms with van der Waals surface area (Å²) in [5, 5.41) is 0.245. The van der Waals surface area contributed by atoms with E-state index in [0.717, 1.165) is 31.6 Å². The maximum Gasteiger partial charge on any atom is 0.122 e. The van der Waals surface area contributed by atoms with Crippen LogP contribution in [0.1, 0.15) is 39.2 Å². The predicted octanol–water partition coefficient (Wildman–Crippen LogP) is 4.67. The molecular formula is C15H23ClO. The molecule has 0 N–H and O–H groups in total. The van der Waals surface area contributed by atoms with Crippen molar-refractivity contribution in [3.8, 4) is 5.75 Å². The number of rotatable bonds is 7. The second-order valence-corrected chi connectivity index (χ2v) is 5.32. The second-order valence-electron chi connectivity index (χ2n) is 4.75. The van der Waals surface area contributed by atoms with Crippen LogP contribution >= 0.6 is 11.6 Å². The van der Waals surface area contributed by atoms with Crippen molar-refractivity contribution in [2.45, 2.75) is 45.4 Å². The van der Waals surface area contributed by atoms with Crippen LogP contribution in [0.3, 0.4) is 0 Å². The van der Waals surface area contributed by atoms with Gasteiger partial charge >= 0.3 is 0 Å². The van der Waals surface area contributed by atoms with E-state index < -0.39 is 0 Å². The van der Waals surface area contributed by atoms with Gasteiger partial charge < -0.3 is 4.74 Å². The molecule has 0 saturated carbocycles. The molecule has 0 bridgehead atoms. The molecule has 1 rings (SSSR count). The molecule has 2 heteroatoms. The van der Waals surface area contributed by atoms with Gasteiger partial charge in [-0.25, -0.2) is 0 Å². The summed E-state index contributed by atoms with van der Waals surface area (Å²) in [4.78, 5) is 0. The van der Waals surface area contributed by atoms with Gasteiger partial charge in [0.25, 0.3) is 0 Å². The Morgan fingerprint density at radius 3 is 2.59 bits per heavy atom. The lowest BCUT2D eigenvalue weighted by molar-refractivity contribution is 0.313. The zero-order chi connectivity index (χ0) is 12.7. The van der Waals surface area contributed by atoms with Crippen LogP contribution in [0, 0.1) is 5.92 Å². The molecule has 0 heterocycles. The molecule has 1 nitrogen and oxygen atoms in total. The first-order valence-corrected chi connectivity index (χ1v) is 6.93. The monoisotopic (exact) mass is 254 g/mol. The third-order valence-electron chi connectivity index (χ3n) is 2.85. The van der Waals surface area contributed by atoms with Gasteiger partial charge in [-0.05, 0) is 36.8 Å². The van der Waals surface area contributed by atoms with Gasteiger partial charge in [-0.1, -0.05) is 39.0 Å². The SMILES string of the molecule is CCCOc1ccccc1CCC(Cl)C(C)C. The number of aryl methyl sites for hydroxylation is 1. The van der Waals surface area contributed by atoms with Crippen molar-refractivity contribution in [1.29, 1.82) is 0 Å². The van der Waals surface area contributed by atoms with Crippen LogP contribution in [0.15, 0.2) is 24.3 Å². The van der Waals surface area contributed by atoms with Gasteiger partial charge in [0.15, 0.2) is 0 Å². The van der Waals surface area contributed by atoms with E-state index in [2.05, 4.69) is 32.9 Å². The van der Waals surface area contributed by atoms with Crippen molar-refractivity contribution in [3.63, 3.8) is 0 Å². The van der Waals surface area contributed by atoms with E-state index in [-0.39, 0.29) is 5.38 Å². The van der Waals surface area contributed by atoms with Crippen LogP contribution in [0.25, 0.3) is 0 Å². The molecule has 0 aliphatic carbocycles. The minimum atomic E-state index is 0.245. The van der Waals surface area contributed by atoms with E-state index in [4.69, 9.17) is 16.3 Å². The van der Waals surface area contributed by atoms with Gasteiger partial charge in [-0.15, -0.1) is 11.6 Å². The minimum absolute atomic E-state index is 0.245. The first kappa shape index (κ1) is 14.4. The number of benzene rings is 1. The number of hydrogen-bond acceptors (Lipinski definition) is 1. The lowest BCUT2D eigenvalue weighted by Gasteiger charge is -2.15. The van der Waals surface area contributed by atoms with Crippen molar-refractivity contribution in [2.75, 3.05) is 6.61 Å². The Bertz CT molecular complexity index is 322. The number of halogens is 1. The Kier molecular flexibility index (Phi) is 6.43. The molecule has 1 unspecified atom stereocenters. The zero-order valence-corrected chi connectivity index (χ0v) is 11.8. The molecule has 0 aliphatic rings. The van der Waals surface area contributed by atoms with Crippen molar-refractivity contribution < 1.29 is 4.74 Å². The van der Waals surface area contributed by atoms with Crippen LogP contribution in [-0.4, -0.2) is 12.0 Å². The minimum Gasteiger partial charge on any atom is -0.493 e. The first-order chi connectivity index (χ1) is 8.15. The highest BCUT2D eigenvalue weighted by Gasteiger charge is 2.11. The van der Waals surface area contributed by atoms with E-state index in [0.29, 0.717) is 5.92 Å². The highest BCUT2D eigenvalue weighted by molar-refractivity contribution is 6.20. The summed E-state index contributed by atoms with van der Waals surface area (Å²) in [5.41, 5.74) is 1.27. The Hall–Kier alpha value is -0.690. The van der Waals surface area contributed by atoms with Crippen molar-refractivity contribution >= 4 is 11.6 Å². The molecule has 0 fully saturated rings. The molecule has 17 heavy (non-hydrogen) atoms. The predicted molar refractivity (Wildman–Crippen MR) is 75.0 cm³/mol. The largest absolute Gasteiger partial charge is 0.493 e. The summed E-state index contributed by atoms with van der Waals surface area (Å²) in [6.45, 7) is 7.23. The summed E-state index contributed by atoms with van der Waals surface area (Å²) >= 11 is 6.28. The molecule has 0 aromatic heterocycles. The van der Waals surface area contributed by atoms with Gasteiger partial charge in [-0.2, -0.15) is 0 Å². The van der Waals surface area contributed by atoms with Gasteiger partial charge in [0, 0.05) is 5.38 Å². The molecule has 0 aliphatic heterocycles. The molecule has 1 atom stereocenters. The highest BCUT2D eigenvalue weighted by atomic mass is 35.5. The standard InChI is InChI=1S/C15H23ClO/c1-4-11-17-15-8-6-5-7-13(15)9-10-14(16)12(2)3/h5-8,12,14H,4,9-11H2,1-3H3. The van der Waals surface area contributed by atoms with Crippen molar-refractivity contribution in [1.82, 2.24) is 0 Å². The van der Waals surface area contributed by atoms with Crippen molar-refractivity contribution in [2.24, 2.45) is 5.92 Å². The molecule has 0 radical (unpaired) electrons. The summed E-state index contributed by atoms with van der Waals surface area (Å²) < 4.78 is 5.74. The molecular weight excluding hydrogens is 232 g/mol. The summed E-state index contributed by atoms with van der Waals surface area (Å²) in [7, 11) is 0. The maximum atomic E-state index is 6.28. The lowest BCUT2D eigenvalue weighted by Crippen LogP contribution is -2.09. The summed E-state index contributed by atoms with van der Waals surface area (Å²) in [6.07, 6.45) is 3.04. The average Bonchev–Trinajstić information content (AvgIpc) is 2.34. The molecule has 1 aromatic carbocycles. The normalized spacial score (nSPS) is 12.8. The van der Waals surface area contributed by atoms with Crippen LogP contribution in [0.4, 0.5) is 0 Å². The second kappa shape index (κ2) is 7.60. The fraction of sp³-hybridized carbons (Fsp3) is 0.600. The Morgan fingerprint density at radius 1 is 1.24 bits per heavy atom. The first-order valence-electron chi connectivity index (χ1n) is 6.50. The summed E-state index contributed by atoms with van der Waals surface area (Å²) in [6, 6.07) is 8.26. The Morgan fingerprint density at radius 2 is 1.94 bits per heavy atom. The number of ether oxygens (including phenoxy) is 1. The van der Waals surface area contributed by atoms with E-state index in [1.807, 2.05) is 12.1 Å². The molecule has 96 valence electrons. The van der Waals surface area contributed by atoms with Crippen LogP contribution in [-0.2, 0) is 6.42 Å². The Balaban J connectivity index is 2.57. The van der Waals surface area contributed by atoms with Gasteiger partial charge in [0.05, 0.1) is 6.61 Å².